The van der Waals surface area contributed by atoms with Crippen molar-refractivity contribution in [1.82, 2.24) is 9.88 Å². The molecule has 0 atom stereocenters. The lowest BCUT2D eigenvalue weighted by Gasteiger charge is -2.24. The predicted molar refractivity (Wildman–Crippen MR) is 118 cm³/mol. The molecule has 3 heterocycles. The maximum atomic E-state index is 13.0. The summed E-state index contributed by atoms with van der Waals surface area (Å²) in [4.78, 5) is 21.7. The summed E-state index contributed by atoms with van der Waals surface area (Å²) in [6.45, 7) is 2.70. The molecule has 8 heteroatoms. The molecule has 0 unspecified atom stereocenters. The van der Waals surface area contributed by atoms with E-state index in [2.05, 4.69) is 11.0 Å². The molecule has 0 spiro atoms. The lowest BCUT2D eigenvalue weighted by molar-refractivity contribution is 0.0767. The van der Waals surface area contributed by atoms with E-state index < -0.39 is 0 Å². The number of nitrogens with zero attached hydrogens (tertiary/aromatic N) is 4. The van der Waals surface area contributed by atoms with E-state index in [0.29, 0.717) is 54.6 Å². The molecule has 0 aliphatic carbocycles. The highest BCUT2D eigenvalue weighted by molar-refractivity contribution is 5.94. The van der Waals surface area contributed by atoms with Crippen molar-refractivity contribution < 1.29 is 19.0 Å². The molecule has 162 valence electrons. The van der Waals surface area contributed by atoms with E-state index in [1.165, 1.54) is 0 Å². The van der Waals surface area contributed by atoms with E-state index in [4.69, 9.17) is 19.2 Å². The van der Waals surface area contributed by atoms with Crippen LogP contribution in [0, 0.1) is 11.3 Å². The molecule has 1 aromatic heterocycles. The number of nitriles is 1. The average Bonchev–Trinajstić information content (AvgIpc) is 3.14. The van der Waals surface area contributed by atoms with Crippen LogP contribution in [0.5, 0.6) is 17.2 Å². The van der Waals surface area contributed by atoms with Gasteiger partial charge in [-0.1, -0.05) is 0 Å². The maximum absolute atomic E-state index is 13.0. The van der Waals surface area contributed by atoms with Crippen molar-refractivity contribution in [3.8, 4) is 23.3 Å². The second-order valence-corrected chi connectivity index (χ2v) is 7.73. The van der Waals surface area contributed by atoms with Gasteiger partial charge in [-0.2, -0.15) is 5.26 Å². The van der Waals surface area contributed by atoms with Crippen molar-refractivity contribution in [2.45, 2.75) is 6.42 Å². The van der Waals surface area contributed by atoms with Crippen molar-refractivity contribution in [3.05, 3.63) is 53.6 Å². The van der Waals surface area contributed by atoms with Gasteiger partial charge >= 0.3 is 0 Å². The zero-order valence-corrected chi connectivity index (χ0v) is 17.7. The van der Waals surface area contributed by atoms with E-state index in [0.717, 1.165) is 23.1 Å². The number of carbonyl (C=O) groups excluding carboxylic acids is 1. The van der Waals surface area contributed by atoms with E-state index in [-0.39, 0.29) is 12.7 Å². The van der Waals surface area contributed by atoms with Crippen LogP contribution >= 0.6 is 0 Å². The third-order valence-corrected chi connectivity index (χ3v) is 5.83. The minimum atomic E-state index is -0.00538. The lowest BCUT2D eigenvalue weighted by atomic mass is 10.1. The van der Waals surface area contributed by atoms with Gasteiger partial charge in [0.15, 0.2) is 11.5 Å². The zero-order chi connectivity index (χ0) is 22.1. The summed E-state index contributed by atoms with van der Waals surface area (Å²) < 4.78 is 16.1. The molecule has 0 saturated carbocycles. The highest BCUT2D eigenvalue weighted by Gasteiger charge is 2.24. The standard InChI is InChI=1S/C24H22N4O4/c1-30-19-5-3-16(4-6-19)24(29)28-8-2-7-27(9-10-28)23-18(14-25)11-17-12-21-22(32-15-31-21)13-20(17)26-23/h3-6,11-13H,2,7-10,15H2,1H3. The molecule has 2 aromatic carbocycles. The van der Waals surface area contributed by atoms with Crippen LogP contribution < -0.4 is 19.1 Å². The predicted octanol–water partition coefficient (Wildman–Crippen LogP) is 3.20. The van der Waals surface area contributed by atoms with Crippen molar-refractivity contribution in [2.24, 2.45) is 0 Å². The third-order valence-electron chi connectivity index (χ3n) is 5.83. The van der Waals surface area contributed by atoms with Gasteiger partial charge in [0.2, 0.25) is 6.79 Å². The summed E-state index contributed by atoms with van der Waals surface area (Å²) in [6, 6.07) is 15.0. The number of rotatable bonds is 3. The number of methoxy groups -OCH3 is 1. The van der Waals surface area contributed by atoms with Crippen LogP contribution in [-0.4, -0.2) is 55.9 Å². The Morgan fingerprint density at radius 3 is 2.59 bits per heavy atom. The SMILES string of the molecule is COc1ccc(C(=O)N2CCCN(c3nc4cc5c(cc4cc3C#N)OCO5)CC2)cc1. The molecule has 0 radical (unpaired) electrons. The Labute approximate surface area is 185 Å². The Morgan fingerprint density at radius 2 is 1.84 bits per heavy atom. The van der Waals surface area contributed by atoms with Gasteiger partial charge in [0.1, 0.15) is 17.6 Å². The minimum absolute atomic E-state index is 0.00538. The smallest absolute Gasteiger partial charge is 0.253 e. The largest absolute Gasteiger partial charge is 0.497 e. The van der Waals surface area contributed by atoms with E-state index in [9.17, 15) is 10.1 Å². The van der Waals surface area contributed by atoms with Gasteiger partial charge in [-0.15, -0.1) is 0 Å². The van der Waals surface area contributed by atoms with Crippen LogP contribution in [0.15, 0.2) is 42.5 Å². The van der Waals surface area contributed by atoms with Crippen molar-refractivity contribution in [3.63, 3.8) is 0 Å². The Balaban J connectivity index is 1.38. The van der Waals surface area contributed by atoms with Crippen LogP contribution in [-0.2, 0) is 0 Å². The summed E-state index contributed by atoms with van der Waals surface area (Å²) in [6.07, 6.45) is 0.785. The van der Waals surface area contributed by atoms with E-state index >= 15 is 0 Å². The topological polar surface area (TPSA) is 87.9 Å². The number of benzene rings is 2. The summed E-state index contributed by atoms with van der Waals surface area (Å²) in [5, 5.41) is 10.6. The molecule has 2 aliphatic heterocycles. The molecule has 3 aromatic rings. The monoisotopic (exact) mass is 430 g/mol. The van der Waals surface area contributed by atoms with Crippen LogP contribution in [0.2, 0.25) is 0 Å². The maximum Gasteiger partial charge on any atom is 0.253 e. The van der Waals surface area contributed by atoms with Crippen LogP contribution in [0.25, 0.3) is 10.9 Å². The number of carbonyl (C=O) groups is 1. The normalized spacial score (nSPS) is 15.4. The molecule has 5 rings (SSSR count). The Bertz CT molecular complexity index is 1220. The van der Waals surface area contributed by atoms with Crippen molar-refractivity contribution in [1.29, 1.82) is 5.26 Å². The molecule has 0 N–H and O–H groups in total. The second-order valence-electron chi connectivity index (χ2n) is 7.73. The van der Waals surface area contributed by atoms with Gasteiger partial charge in [-0.25, -0.2) is 4.98 Å². The van der Waals surface area contributed by atoms with Crippen LogP contribution in [0.3, 0.4) is 0 Å². The first-order valence-electron chi connectivity index (χ1n) is 10.5. The average molecular weight is 430 g/mol. The summed E-state index contributed by atoms with van der Waals surface area (Å²) in [5.41, 5.74) is 1.89. The molecule has 0 bridgehead atoms. The fraction of sp³-hybridized carbons (Fsp3) is 0.292. The number of pyridine rings is 1. The number of fused-ring (bicyclic) bond motifs is 2. The van der Waals surface area contributed by atoms with Gasteiger partial charge in [0.25, 0.3) is 5.91 Å². The number of hydrogen-bond donors (Lipinski definition) is 0. The zero-order valence-electron chi connectivity index (χ0n) is 17.7. The van der Waals surface area contributed by atoms with E-state index in [1.807, 2.05) is 23.1 Å². The molecular formula is C24H22N4O4. The number of aromatic nitrogens is 1. The number of anilines is 1. The van der Waals surface area contributed by atoms with Crippen LogP contribution in [0.1, 0.15) is 22.3 Å². The molecule has 1 saturated heterocycles. The van der Waals surface area contributed by atoms with Gasteiger partial charge in [0.05, 0.1) is 18.2 Å². The molecule has 8 nitrogen and oxygen atoms in total. The third kappa shape index (κ3) is 3.62. The first-order valence-corrected chi connectivity index (χ1v) is 10.5. The summed E-state index contributed by atoms with van der Waals surface area (Å²) in [7, 11) is 1.60. The fourth-order valence-electron chi connectivity index (χ4n) is 4.13. The molecule has 1 amide bonds. The van der Waals surface area contributed by atoms with Gasteiger partial charge in [-0.3, -0.25) is 4.79 Å². The molecular weight excluding hydrogens is 408 g/mol. The minimum Gasteiger partial charge on any atom is -0.497 e. The van der Waals surface area contributed by atoms with E-state index in [1.54, 1.807) is 31.4 Å². The van der Waals surface area contributed by atoms with Gasteiger partial charge in [-0.05, 0) is 42.8 Å². The highest BCUT2D eigenvalue weighted by atomic mass is 16.7. The van der Waals surface area contributed by atoms with Gasteiger partial charge < -0.3 is 24.0 Å². The lowest BCUT2D eigenvalue weighted by Crippen LogP contribution is -2.35. The number of hydrogen-bond acceptors (Lipinski definition) is 7. The quantitative estimate of drug-likeness (QED) is 0.631. The summed E-state index contributed by atoms with van der Waals surface area (Å²) >= 11 is 0. The first kappa shape index (κ1) is 19.9. The molecule has 2 aliphatic rings. The number of amides is 1. The second kappa shape index (κ2) is 8.27. The van der Waals surface area contributed by atoms with Crippen molar-refractivity contribution >= 4 is 22.6 Å². The first-order chi connectivity index (χ1) is 15.7. The molecule has 32 heavy (non-hydrogen) atoms. The highest BCUT2D eigenvalue weighted by Crippen LogP contribution is 2.37. The Hall–Kier alpha value is -3.99. The van der Waals surface area contributed by atoms with Gasteiger partial charge in [0, 0.05) is 43.2 Å². The van der Waals surface area contributed by atoms with Crippen LogP contribution in [0.4, 0.5) is 5.82 Å². The van der Waals surface area contributed by atoms with Crippen molar-refractivity contribution in [2.75, 3.05) is 45.0 Å². The Morgan fingerprint density at radius 1 is 1.06 bits per heavy atom. The fourth-order valence-corrected chi connectivity index (χ4v) is 4.13. The number of ether oxygens (including phenoxy) is 3. The molecule has 1 fully saturated rings. The Kier molecular flexibility index (Phi) is 5.15. The summed E-state index contributed by atoms with van der Waals surface area (Å²) in [5.74, 6) is 2.68.